The van der Waals surface area contributed by atoms with Gasteiger partial charge < -0.3 is 0 Å². The zero-order valence-electron chi connectivity index (χ0n) is 17.9. The number of pyridine rings is 2. The van der Waals surface area contributed by atoms with Crippen molar-refractivity contribution >= 4 is 0 Å². The van der Waals surface area contributed by atoms with Crippen LogP contribution in [0.2, 0.25) is 0 Å². The molecule has 2 heteroatoms. The van der Waals surface area contributed by atoms with Gasteiger partial charge in [-0.2, -0.15) is 0 Å². The van der Waals surface area contributed by atoms with Crippen molar-refractivity contribution in [2.75, 3.05) is 0 Å². The number of aryl methyl sites for hydroxylation is 5. The van der Waals surface area contributed by atoms with Gasteiger partial charge in [0.2, 0.25) is 0 Å². The smallest absolute Gasteiger partial charge is 0.0705 e. The average molecular weight is 381 g/mol. The molecule has 2 heterocycles. The standard InChI is InChI=1S/C14H15N.C13H13N/c1-10-5-4-6-13(9-10)14-8-7-11(2)12(3)15-14;1-10-4-3-5-12(8-10)13-9-11(2)6-7-14-13/h4-9H,1-3H3;3-9H,1-2H3. The van der Waals surface area contributed by atoms with Gasteiger partial charge in [-0.1, -0.05) is 53.6 Å². The lowest BCUT2D eigenvalue weighted by Gasteiger charge is -2.05. The Morgan fingerprint density at radius 2 is 1.14 bits per heavy atom. The number of rotatable bonds is 2. The first-order chi connectivity index (χ1) is 13.9. The summed E-state index contributed by atoms with van der Waals surface area (Å²) in [4.78, 5) is 8.94. The maximum absolute atomic E-state index is 4.58. The van der Waals surface area contributed by atoms with E-state index < -0.39 is 0 Å². The predicted molar refractivity (Wildman–Crippen MR) is 123 cm³/mol. The number of hydrogen-bond donors (Lipinski definition) is 0. The monoisotopic (exact) mass is 380 g/mol. The minimum Gasteiger partial charge on any atom is -0.256 e. The van der Waals surface area contributed by atoms with E-state index in [4.69, 9.17) is 0 Å². The molecule has 0 amide bonds. The van der Waals surface area contributed by atoms with Gasteiger partial charge in [-0.15, -0.1) is 0 Å². The van der Waals surface area contributed by atoms with Crippen molar-refractivity contribution < 1.29 is 0 Å². The second-order valence-electron chi connectivity index (χ2n) is 7.56. The van der Waals surface area contributed by atoms with Gasteiger partial charge in [0.25, 0.3) is 0 Å². The molecule has 0 aliphatic heterocycles. The summed E-state index contributed by atoms with van der Waals surface area (Å²) >= 11 is 0. The molecule has 0 spiro atoms. The van der Waals surface area contributed by atoms with Gasteiger partial charge >= 0.3 is 0 Å². The van der Waals surface area contributed by atoms with E-state index >= 15 is 0 Å². The molecule has 0 saturated carbocycles. The Bertz CT molecular complexity index is 1070. The van der Waals surface area contributed by atoms with Crippen molar-refractivity contribution in [3.05, 3.63) is 107 Å². The van der Waals surface area contributed by atoms with E-state index in [-0.39, 0.29) is 0 Å². The van der Waals surface area contributed by atoms with Gasteiger partial charge in [-0.25, -0.2) is 0 Å². The van der Waals surface area contributed by atoms with E-state index in [0.717, 1.165) is 17.1 Å². The van der Waals surface area contributed by atoms with Crippen molar-refractivity contribution in [1.82, 2.24) is 9.97 Å². The highest BCUT2D eigenvalue weighted by Crippen LogP contribution is 2.20. The van der Waals surface area contributed by atoms with Crippen LogP contribution in [0.1, 0.15) is 27.9 Å². The van der Waals surface area contributed by atoms with Gasteiger partial charge in [-0.3, -0.25) is 9.97 Å². The van der Waals surface area contributed by atoms with Gasteiger partial charge in [0, 0.05) is 23.0 Å². The second-order valence-corrected chi connectivity index (χ2v) is 7.56. The summed E-state index contributed by atoms with van der Waals surface area (Å²) in [5, 5.41) is 0. The summed E-state index contributed by atoms with van der Waals surface area (Å²) in [6, 6.07) is 25.2. The molecule has 2 nitrogen and oxygen atoms in total. The third-order valence-electron chi connectivity index (χ3n) is 4.89. The van der Waals surface area contributed by atoms with Crippen LogP contribution in [0.25, 0.3) is 22.5 Å². The summed E-state index contributed by atoms with van der Waals surface area (Å²) < 4.78 is 0. The quantitative estimate of drug-likeness (QED) is 0.373. The molecule has 0 atom stereocenters. The predicted octanol–water partition coefficient (Wildman–Crippen LogP) is 7.04. The fourth-order valence-corrected chi connectivity index (χ4v) is 3.09. The first-order valence-electron chi connectivity index (χ1n) is 9.93. The lowest BCUT2D eigenvalue weighted by atomic mass is 10.1. The van der Waals surface area contributed by atoms with Crippen LogP contribution in [0, 0.1) is 34.6 Å². The molecular formula is C27H28N2. The lowest BCUT2D eigenvalue weighted by Crippen LogP contribution is -1.90. The number of nitrogens with zero attached hydrogens (tertiary/aromatic N) is 2. The highest BCUT2D eigenvalue weighted by molar-refractivity contribution is 5.61. The van der Waals surface area contributed by atoms with Crippen molar-refractivity contribution in [2.24, 2.45) is 0 Å². The number of aromatic nitrogens is 2. The van der Waals surface area contributed by atoms with E-state index in [9.17, 15) is 0 Å². The minimum absolute atomic E-state index is 1.05. The van der Waals surface area contributed by atoms with Crippen molar-refractivity contribution in [3.8, 4) is 22.5 Å². The third-order valence-corrected chi connectivity index (χ3v) is 4.89. The zero-order valence-corrected chi connectivity index (χ0v) is 17.9. The van der Waals surface area contributed by atoms with Crippen LogP contribution in [-0.2, 0) is 0 Å². The Balaban J connectivity index is 0.000000166. The van der Waals surface area contributed by atoms with Crippen LogP contribution >= 0.6 is 0 Å². The summed E-state index contributed by atoms with van der Waals surface area (Å²) in [5.41, 5.74) is 10.6. The molecule has 0 radical (unpaired) electrons. The Labute approximate surface area is 174 Å². The van der Waals surface area contributed by atoms with Crippen molar-refractivity contribution in [2.45, 2.75) is 34.6 Å². The molecule has 0 bridgehead atoms. The molecular weight excluding hydrogens is 352 g/mol. The molecule has 0 unspecified atom stereocenters. The van der Waals surface area contributed by atoms with Gasteiger partial charge in [-0.05, 0) is 76.1 Å². The van der Waals surface area contributed by atoms with Crippen LogP contribution in [0.5, 0.6) is 0 Å². The topological polar surface area (TPSA) is 25.8 Å². The Morgan fingerprint density at radius 3 is 1.69 bits per heavy atom. The summed E-state index contributed by atoms with van der Waals surface area (Å²) in [5.74, 6) is 0. The summed E-state index contributed by atoms with van der Waals surface area (Å²) in [7, 11) is 0. The molecule has 2 aromatic heterocycles. The SMILES string of the molecule is Cc1cccc(-c2cc(C)ccn2)c1.Cc1cccc(-c2ccc(C)c(C)n2)c1. The van der Waals surface area contributed by atoms with E-state index in [0.29, 0.717) is 0 Å². The first-order valence-corrected chi connectivity index (χ1v) is 9.93. The normalized spacial score (nSPS) is 10.2. The lowest BCUT2D eigenvalue weighted by molar-refractivity contribution is 1.15. The fraction of sp³-hybridized carbons (Fsp3) is 0.185. The maximum atomic E-state index is 4.58. The Hall–Kier alpha value is -3.26. The molecule has 4 rings (SSSR count). The molecule has 2 aromatic carbocycles. The summed E-state index contributed by atoms with van der Waals surface area (Å²) in [6.45, 7) is 10.4. The van der Waals surface area contributed by atoms with Crippen molar-refractivity contribution in [3.63, 3.8) is 0 Å². The van der Waals surface area contributed by atoms with E-state index in [1.54, 1.807) is 0 Å². The summed E-state index contributed by atoms with van der Waals surface area (Å²) in [6.07, 6.45) is 1.85. The van der Waals surface area contributed by atoms with Crippen LogP contribution in [-0.4, -0.2) is 9.97 Å². The molecule has 0 aliphatic rings. The van der Waals surface area contributed by atoms with E-state index in [1.807, 2.05) is 12.3 Å². The van der Waals surface area contributed by atoms with E-state index in [1.165, 1.54) is 33.4 Å². The average Bonchev–Trinajstić information content (AvgIpc) is 2.71. The Kier molecular flexibility index (Phi) is 6.56. The number of hydrogen-bond acceptors (Lipinski definition) is 2. The maximum Gasteiger partial charge on any atom is 0.0705 e. The first kappa shape index (κ1) is 20.5. The molecule has 0 N–H and O–H groups in total. The molecule has 0 fully saturated rings. The molecule has 146 valence electrons. The second kappa shape index (κ2) is 9.29. The zero-order chi connectivity index (χ0) is 20.8. The van der Waals surface area contributed by atoms with Gasteiger partial charge in [0.15, 0.2) is 0 Å². The van der Waals surface area contributed by atoms with E-state index in [2.05, 4.69) is 111 Å². The fourth-order valence-electron chi connectivity index (χ4n) is 3.09. The molecule has 0 saturated heterocycles. The van der Waals surface area contributed by atoms with Gasteiger partial charge in [0.05, 0.1) is 11.4 Å². The highest BCUT2D eigenvalue weighted by Gasteiger charge is 2.01. The molecule has 29 heavy (non-hydrogen) atoms. The van der Waals surface area contributed by atoms with Crippen molar-refractivity contribution in [1.29, 1.82) is 0 Å². The van der Waals surface area contributed by atoms with Crippen LogP contribution in [0.15, 0.2) is 79.0 Å². The van der Waals surface area contributed by atoms with Crippen LogP contribution in [0.4, 0.5) is 0 Å². The molecule has 4 aromatic rings. The highest BCUT2D eigenvalue weighted by atomic mass is 14.7. The Morgan fingerprint density at radius 1 is 0.552 bits per heavy atom. The molecule has 0 aliphatic carbocycles. The van der Waals surface area contributed by atoms with Gasteiger partial charge in [0.1, 0.15) is 0 Å². The third kappa shape index (κ3) is 5.61. The number of benzene rings is 2. The minimum atomic E-state index is 1.05. The largest absolute Gasteiger partial charge is 0.256 e. The van der Waals surface area contributed by atoms with Crippen LogP contribution in [0.3, 0.4) is 0 Å². The van der Waals surface area contributed by atoms with Crippen LogP contribution < -0.4 is 0 Å².